The number of hydrogen-bond donors (Lipinski definition) is 0. The molecule has 0 fully saturated rings. The van der Waals surface area contributed by atoms with Crippen molar-refractivity contribution in [3.05, 3.63) is 111 Å². The normalized spacial score (nSPS) is 12.5. The molecule has 0 atom stereocenters. The van der Waals surface area contributed by atoms with Crippen molar-refractivity contribution in [1.29, 1.82) is 0 Å². The molecule has 4 rings (SSSR count). The van der Waals surface area contributed by atoms with Crippen molar-refractivity contribution in [2.24, 2.45) is 0 Å². The number of hydrogen-bond acceptors (Lipinski definition) is 3. The van der Waals surface area contributed by atoms with E-state index in [2.05, 4.69) is 5.10 Å². The molecule has 0 saturated carbocycles. The van der Waals surface area contributed by atoms with Gasteiger partial charge in [-0.3, -0.25) is 9.36 Å². The first kappa shape index (κ1) is 29.8. The van der Waals surface area contributed by atoms with Gasteiger partial charge < -0.3 is 0 Å². The molecule has 1 heterocycles. The fraction of sp³-hybridized carbons (Fsp3) is 0.276. The molecule has 0 radical (unpaired) electrons. The van der Waals surface area contributed by atoms with Gasteiger partial charge in [-0.25, -0.2) is 13.9 Å². The van der Waals surface area contributed by atoms with Gasteiger partial charge >= 0.3 is 18.0 Å². The van der Waals surface area contributed by atoms with Gasteiger partial charge in [-0.15, -0.1) is 5.10 Å². The van der Waals surface area contributed by atoms with E-state index in [0.29, 0.717) is 0 Å². The van der Waals surface area contributed by atoms with Crippen LogP contribution in [0.15, 0.2) is 77.6 Å². The van der Waals surface area contributed by atoms with Crippen LogP contribution in [0.4, 0.5) is 30.7 Å². The van der Waals surface area contributed by atoms with Crippen molar-refractivity contribution in [2.45, 2.75) is 51.1 Å². The third-order valence-corrected chi connectivity index (χ3v) is 6.62. The molecule has 0 spiro atoms. The Morgan fingerprint density at radius 2 is 1.41 bits per heavy atom. The van der Waals surface area contributed by atoms with Crippen molar-refractivity contribution >= 4 is 5.78 Å². The number of carbonyl (C=O) groups is 1. The van der Waals surface area contributed by atoms with E-state index in [1.807, 2.05) is 0 Å². The topological polar surface area (TPSA) is 56.9 Å². The maximum absolute atomic E-state index is 14.4. The van der Waals surface area contributed by atoms with Crippen molar-refractivity contribution in [2.75, 3.05) is 0 Å². The first-order valence-electron chi connectivity index (χ1n) is 12.3. The lowest BCUT2D eigenvalue weighted by atomic mass is 9.79. The molecular weight excluding hydrogens is 555 g/mol. The van der Waals surface area contributed by atoms with Gasteiger partial charge in [-0.2, -0.15) is 26.3 Å². The minimum atomic E-state index is -4.59. The van der Waals surface area contributed by atoms with Crippen LogP contribution in [0.5, 0.6) is 0 Å². The molecule has 41 heavy (non-hydrogen) atoms. The molecule has 12 heteroatoms. The van der Waals surface area contributed by atoms with Gasteiger partial charge in [-0.05, 0) is 35.2 Å². The second-order valence-corrected chi connectivity index (χ2v) is 10.2. The van der Waals surface area contributed by atoms with Crippen LogP contribution in [0.3, 0.4) is 0 Å². The van der Waals surface area contributed by atoms with E-state index >= 15 is 0 Å². The van der Waals surface area contributed by atoms with E-state index in [9.17, 15) is 40.3 Å². The zero-order valence-electron chi connectivity index (χ0n) is 21.9. The van der Waals surface area contributed by atoms with Crippen LogP contribution >= 0.6 is 0 Å². The van der Waals surface area contributed by atoms with E-state index in [1.54, 1.807) is 19.9 Å². The van der Waals surface area contributed by atoms with E-state index in [1.165, 1.54) is 30.3 Å². The summed E-state index contributed by atoms with van der Waals surface area (Å²) in [4.78, 5) is 26.4. The van der Waals surface area contributed by atoms with Crippen molar-refractivity contribution < 1.29 is 35.5 Å². The fourth-order valence-corrected chi connectivity index (χ4v) is 4.44. The first-order chi connectivity index (χ1) is 19.1. The maximum atomic E-state index is 14.4. The summed E-state index contributed by atoms with van der Waals surface area (Å²) < 4.78 is 95.1. The summed E-state index contributed by atoms with van der Waals surface area (Å²) in [5, 5.41) is 4.18. The van der Waals surface area contributed by atoms with Crippen LogP contribution in [0, 0.1) is 5.82 Å². The number of carbonyl (C=O) groups excluding carboxylic acids is 1. The summed E-state index contributed by atoms with van der Waals surface area (Å²) in [6.45, 7) is 2.31. The van der Waals surface area contributed by atoms with Crippen LogP contribution in [0.25, 0.3) is 11.4 Å². The Kier molecular flexibility index (Phi) is 7.97. The highest BCUT2D eigenvalue weighted by molar-refractivity contribution is 5.79. The molecule has 216 valence electrons. The second kappa shape index (κ2) is 11.0. The fourth-order valence-electron chi connectivity index (χ4n) is 4.44. The summed E-state index contributed by atoms with van der Waals surface area (Å²) in [6.07, 6.45) is -9.40. The number of ketones is 1. The molecule has 0 saturated heterocycles. The van der Waals surface area contributed by atoms with Gasteiger partial charge in [0.05, 0.1) is 17.7 Å². The minimum absolute atomic E-state index is 0.0862. The lowest BCUT2D eigenvalue weighted by molar-refractivity contribution is -0.138. The highest BCUT2D eigenvalue weighted by Gasteiger charge is 2.33. The summed E-state index contributed by atoms with van der Waals surface area (Å²) in [6, 6.07) is 14.1. The van der Waals surface area contributed by atoms with Gasteiger partial charge in [0.1, 0.15) is 12.4 Å². The predicted molar refractivity (Wildman–Crippen MR) is 137 cm³/mol. The number of Topliss-reactive ketones (excluding diaryl/α,β-unsaturated/α-hetero) is 1. The van der Waals surface area contributed by atoms with Gasteiger partial charge in [0.2, 0.25) is 0 Å². The number of benzene rings is 3. The zero-order chi connectivity index (χ0) is 30.2. The SMILES string of the molecule is CC(C)(CC(=O)Cn1nc(-c2ccc(C(F)(F)F)cc2)n(Cc2ccccc2F)c1=O)c1cccc(C(F)(F)F)c1. The van der Waals surface area contributed by atoms with Crippen LogP contribution in [0.1, 0.15) is 42.5 Å². The van der Waals surface area contributed by atoms with Gasteiger partial charge in [0.25, 0.3) is 0 Å². The average Bonchev–Trinajstić information content (AvgIpc) is 3.18. The number of halogens is 7. The lowest BCUT2D eigenvalue weighted by Crippen LogP contribution is -2.31. The molecule has 4 aromatic rings. The van der Waals surface area contributed by atoms with Gasteiger partial charge in [0.15, 0.2) is 11.6 Å². The number of rotatable bonds is 8. The molecule has 3 aromatic carbocycles. The molecule has 0 unspecified atom stereocenters. The Labute approximate surface area is 229 Å². The third-order valence-electron chi connectivity index (χ3n) is 6.62. The van der Waals surface area contributed by atoms with Crippen LogP contribution in [-0.4, -0.2) is 20.1 Å². The largest absolute Gasteiger partial charge is 0.416 e. The highest BCUT2D eigenvalue weighted by Crippen LogP contribution is 2.34. The first-order valence-corrected chi connectivity index (χ1v) is 12.3. The zero-order valence-corrected chi connectivity index (χ0v) is 21.9. The molecule has 0 amide bonds. The molecule has 0 aliphatic carbocycles. The summed E-state index contributed by atoms with van der Waals surface area (Å²) in [5.74, 6) is -1.23. The van der Waals surface area contributed by atoms with Crippen molar-refractivity contribution in [1.82, 2.24) is 14.3 Å². The molecule has 0 aliphatic heterocycles. The average molecular weight is 580 g/mol. The highest BCUT2D eigenvalue weighted by atomic mass is 19.4. The Hall–Kier alpha value is -4.22. The Morgan fingerprint density at radius 3 is 2.02 bits per heavy atom. The predicted octanol–water partition coefficient (Wildman–Crippen LogP) is 6.87. The Morgan fingerprint density at radius 1 is 0.805 bits per heavy atom. The molecule has 0 N–H and O–H groups in total. The molecule has 0 aliphatic rings. The monoisotopic (exact) mass is 579 g/mol. The lowest BCUT2D eigenvalue weighted by Gasteiger charge is -2.25. The van der Waals surface area contributed by atoms with E-state index in [-0.39, 0.29) is 35.5 Å². The summed E-state index contributed by atoms with van der Waals surface area (Å²) in [7, 11) is 0. The number of aromatic nitrogens is 3. The van der Waals surface area contributed by atoms with E-state index in [4.69, 9.17) is 0 Å². The van der Waals surface area contributed by atoms with Crippen LogP contribution in [-0.2, 0) is 35.7 Å². The van der Waals surface area contributed by atoms with Gasteiger partial charge in [0, 0.05) is 17.5 Å². The quantitative estimate of drug-likeness (QED) is 0.214. The summed E-state index contributed by atoms with van der Waals surface area (Å²) in [5.41, 5.74) is -3.12. The Bertz CT molecular complexity index is 1620. The van der Waals surface area contributed by atoms with E-state index in [0.717, 1.165) is 45.6 Å². The summed E-state index contributed by atoms with van der Waals surface area (Å²) >= 11 is 0. The third kappa shape index (κ3) is 6.75. The molecule has 0 bridgehead atoms. The van der Waals surface area contributed by atoms with E-state index < -0.39 is 52.7 Å². The van der Waals surface area contributed by atoms with Crippen molar-refractivity contribution in [3.63, 3.8) is 0 Å². The molecule has 1 aromatic heterocycles. The van der Waals surface area contributed by atoms with Crippen molar-refractivity contribution in [3.8, 4) is 11.4 Å². The maximum Gasteiger partial charge on any atom is 0.416 e. The van der Waals surface area contributed by atoms with Crippen LogP contribution in [0.2, 0.25) is 0 Å². The number of nitrogens with zero attached hydrogens (tertiary/aromatic N) is 3. The molecular formula is C29H24F7N3O2. The minimum Gasteiger partial charge on any atom is -0.298 e. The standard InChI is InChI=1S/C29H24F7N3O2/c1-27(2,21-7-5-8-22(14-21)29(34,35)36)15-23(40)17-39-26(41)38(16-19-6-3-4-9-24(19)30)25(37-39)18-10-12-20(13-11-18)28(31,32)33/h3-14H,15-17H2,1-2H3. The molecule has 5 nitrogen and oxygen atoms in total. The van der Waals surface area contributed by atoms with Gasteiger partial charge in [-0.1, -0.05) is 62.4 Å². The smallest absolute Gasteiger partial charge is 0.298 e. The van der Waals surface area contributed by atoms with Crippen LogP contribution < -0.4 is 5.69 Å². The number of alkyl halides is 6. The second-order valence-electron chi connectivity index (χ2n) is 10.2. The Balaban J connectivity index is 1.66.